The van der Waals surface area contributed by atoms with Gasteiger partial charge in [0.15, 0.2) is 12.2 Å². The van der Waals surface area contributed by atoms with Crippen LogP contribution in [0.25, 0.3) is 0 Å². The number of carbonyl (C=O) groups is 3. The third kappa shape index (κ3) is 22.3. The molecule has 20 heteroatoms. The zero-order chi connectivity index (χ0) is 37.5. The number of nitro groups is 1. The summed E-state index contributed by atoms with van der Waals surface area (Å²) >= 11 is 0. The number of aliphatic hydroxyl groups is 3. The monoisotopic (exact) mass is 800 g/mol. The number of esters is 1. The van der Waals surface area contributed by atoms with Crippen LogP contribution in [0.4, 0.5) is 13.9 Å². The first kappa shape index (κ1) is 55.9. The smallest absolute Gasteiger partial charge is 0.339 e. The number of carboxylic acid groups (broad SMARTS) is 2. The highest BCUT2D eigenvalue weighted by molar-refractivity contribution is 5.85. The molecule has 6 atom stereocenters. The molecule has 306 valence electrons. The van der Waals surface area contributed by atoms with Crippen molar-refractivity contribution in [2.75, 3.05) is 7.11 Å². The number of ether oxygens (including phenoxy) is 1. The minimum atomic E-state index is -1.88. The summed E-state index contributed by atoms with van der Waals surface area (Å²) in [6.07, 6.45) is 6.95. The molecule has 4 rings (SSSR count). The first-order chi connectivity index (χ1) is 23.2. The van der Waals surface area contributed by atoms with Gasteiger partial charge in [0, 0.05) is 39.1 Å². The van der Waals surface area contributed by atoms with E-state index in [1.165, 1.54) is 38.4 Å². The summed E-state index contributed by atoms with van der Waals surface area (Å²) < 4.78 is 20.4. The Morgan fingerprint density at radius 3 is 1.42 bits per heavy atom. The molecule has 0 aromatic heterocycles. The number of hydrogen-bond acceptors (Lipinski definition) is 12. The number of rotatable bonds is 14. The van der Waals surface area contributed by atoms with Crippen LogP contribution in [-0.2, 0) is 25.7 Å². The molecule has 1 aromatic rings. The molecule has 0 spiro atoms. The van der Waals surface area contributed by atoms with Crippen molar-refractivity contribution in [3.05, 3.63) is 46.0 Å². The van der Waals surface area contributed by atoms with E-state index in [9.17, 15) is 29.6 Å². The van der Waals surface area contributed by atoms with Crippen LogP contribution in [0, 0.1) is 27.9 Å². The van der Waals surface area contributed by atoms with Crippen LogP contribution in [-0.4, -0.2) is 91.9 Å². The second-order valence-electron chi connectivity index (χ2n) is 12.5. The van der Waals surface area contributed by atoms with E-state index in [1.807, 2.05) is 30.3 Å². The molecule has 15 nitrogen and oxygen atoms in total. The molecule has 11 N–H and O–H groups in total. The van der Waals surface area contributed by atoms with E-state index in [0.29, 0.717) is 24.8 Å². The number of halogens is 5. The van der Waals surface area contributed by atoms with Crippen LogP contribution >= 0.6 is 24.8 Å². The van der Waals surface area contributed by atoms with Gasteiger partial charge in [-0.3, -0.25) is 14.8 Å². The maximum Gasteiger partial charge on any atom is 0.339 e. The van der Waals surface area contributed by atoms with Gasteiger partial charge in [0.25, 0.3) is 0 Å². The van der Waals surface area contributed by atoms with Crippen molar-refractivity contribution in [3.63, 3.8) is 0 Å². The fraction of sp³-hybridized carbons (Fsp3) is 0.719. The molecule has 3 aliphatic carbocycles. The highest BCUT2D eigenvalue weighted by Crippen LogP contribution is 2.32. The van der Waals surface area contributed by atoms with E-state index < -0.39 is 59.3 Å². The second-order valence-corrected chi connectivity index (χ2v) is 12.5. The van der Waals surface area contributed by atoms with Crippen molar-refractivity contribution < 1.29 is 63.4 Å². The molecule has 52 heavy (non-hydrogen) atoms. The number of carbonyl (C=O) groups excluding carboxylic acids is 1. The highest BCUT2D eigenvalue weighted by Gasteiger charge is 2.38. The van der Waals surface area contributed by atoms with Crippen LogP contribution in [0.15, 0.2) is 30.3 Å². The summed E-state index contributed by atoms with van der Waals surface area (Å²) in [5, 5.41) is 54.9. The lowest BCUT2D eigenvalue weighted by atomic mass is 9.80. The van der Waals surface area contributed by atoms with E-state index in [0.717, 1.165) is 38.5 Å². The van der Waals surface area contributed by atoms with E-state index >= 15 is 0 Å². The molecular formula is C32H57Cl2F3N4O11. The molecule has 0 radical (unpaired) electrons. The van der Waals surface area contributed by atoms with Crippen molar-refractivity contribution >= 4 is 42.7 Å². The Morgan fingerprint density at radius 1 is 0.788 bits per heavy atom. The maximum absolute atomic E-state index is 10.9. The lowest BCUT2D eigenvalue weighted by Gasteiger charge is -2.29. The Labute approximate surface area is 313 Å². The van der Waals surface area contributed by atoms with Gasteiger partial charge in [-0.15, -0.1) is 24.8 Å². The Morgan fingerprint density at radius 2 is 1.15 bits per heavy atom. The van der Waals surface area contributed by atoms with Gasteiger partial charge in [-0.25, -0.2) is 14.4 Å². The maximum atomic E-state index is 10.9. The van der Waals surface area contributed by atoms with Crippen molar-refractivity contribution in [2.45, 2.75) is 120 Å². The standard InChI is InChI=1S/C9H17NO3.C8H13NO5.C8H15NO3.C7H9N.2ClH.F2.FH/c1-13-9(12)8(11)7(10)5-6-3-2-4-6;10-7(8(11)12)6(9(13)14)4-5-2-1-3-5;9-6(7(10)8(11)12)4-5-2-1-3-5;8-6-7-4-2-1-3-5-7;;;1-2;/h6-8,11H,2-5,10H2,1H3;5-7,10H,1-4H2,(H,11,12);5-7,10H,1-4,9H2,(H,11,12);1-5H,6,8H2;2*1H;;1H/t7-,8+;2*6-,7+;;;;;/m000...../s1. The molecule has 0 bridgehead atoms. The van der Waals surface area contributed by atoms with Crippen molar-refractivity contribution in [3.8, 4) is 0 Å². The fourth-order valence-corrected chi connectivity index (χ4v) is 5.14. The summed E-state index contributed by atoms with van der Waals surface area (Å²) in [7, 11) is 1.25. The number of aliphatic carboxylic acids is 2. The van der Waals surface area contributed by atoms with Gasteiger partial charge in [-0.1, -0.05) is 88.1 Å². The van der Waals surface area contributed by atoms with Gasteiger partial charge in [0.1, 0.15) is 0 Å². The Balaban J connectivity index is -0.000000289. The second kappa shape index (κ2) is 31.7. The highest BCUT2D eigenvalue weighted by atomic mass is 35.5. The Bertz CT molecular complexity index is 1100. The number of hydrogen-bond donors (Lipinski definition) is 8. The molecule has 0 aliphatic heterocycles. The van der Waals surface area contributed by atoms with Crippen molar-refractivity contribution in [1.82, 2.24) is 0 Å². The number of nitrogens with two attached hydrogens (primary N) is 3. The lowest BCUT2D eigenvalue weighted by molar-refractivity contribution is -0.534. The lowest BCUT2D eigenvalue weighted by Crippen LogP contribution is -2.43. The molecule has 1 aromatic carbocycles. The molecular weight excluding hydrogens is 744 g/mol. The summed E-state index contributed by atoms with van der Waals surface area (Å²) in [6.45, 7) is 0.640. The van der Waals surface area contributed by atoms with Gasteiger partial charge in [0.05, 0.1) is 7.11 Å². The first-order valence-electron chi connectivity index (χ1n) is 16.3. The normalized spacial score (nSPS) is 17.9. The topological polar surface area (TPSA) is 283 Å². The average Bonchev–Trinajstić information content (AvgIpc) is 3.04. The van der Waals surface area contributed by atoms with E-state index in [1.54, 1.807) is 0 Å². The van der Waals surface area contributed by atoms with Gasteiger partial charge in [0.2, 0.25) is 12.1 Å². The summed E-state index contributed by atoms with van der Waals surface area (Å²) in [6, 6.07) is 7.55. The zero-order valence-corrected chi connectivity index (χ0v) is 30.8. The quantitative estimate of drug-likeness (QED) is 0.0762. The number of aliphatic hydroxyl groups excluding tert-OH is 3. The third-order valence-corrected chi connectivity index (χ3v) is 8.93. The third-order valence-electron chi connectivity index (χ3n) is 8.93. The van der Waals surface area contributed by atoms with Crippen LogP contribution < -0.4 is 17.2 Å². The molecule has 3 saturated carbocycles. The zero-order valence-electron chi connectivity index (χ0n) is 29.1. The summed E-state index contributed by atoms with van der Waals surface area (Å²) in [5.41, 5.74) is 17.7. The van der Waals surface area contributed by atoms with Crippen LogP contribution in [0.1, 0.15) is 82.6 Å². The minimum absolute atomic E-state index is 0. The number of nitrogens with zero attached hydrogens (tertiary/aromatic N) is 1. The molecule has 0 amide bonds. The predicted molar refractivity (Wildman–Crippen MR) is 191 cm³/mol. The van der Waals surface area contributed by atoms with E-state index in [2.05, 4.69) is 4.74 Å². The minimum Gasteiger partial charge on any atom is -0.479 e. The van der Waals surface area contributed by atoms with E-state index in [4.69, 9.17) is 46.8 Å². The van der Waals surface area contributed by atoms with Gasteiger partial charge >= 0.3 is 17.9 Å². The first-order valence-corrected chi connectivity index (χ1v) is 16.3. The van der Waals surface area contributed by atoms with Gasteiger partial charge < -0.3 is 47.5 Å². The summed E-state index contributed by atoms with van der Waals surface area (Å²) in [5.74, 6) is -2.04. The largest absolute Gasteiger partial charge is 0.479 e. The number of carboxylic acids is 2. The summed E-state index contributed by atoms with van der Waals surface area (Å²) in [4.78, 5) is 41.4. The SMILES string of the molecule is COC(=O)[C@H](O)[C@@H](N)CC1CCC1.Cl.Cl.F.FF.NCc1ccccc1.N[C@@H](CC1CCC1)[C@@H](O)C(=O)O.O=C(O)[C@H](O)[C@H](CC1CCC1)[N+](=O)[O-]. The van der Waals surface area contributed by atoms with Crippen LogP contribution in [0.5, 0.6) is 0 Å². The Hall–Kier alpha value is -2.84. The molecule has 0 unspecified atom stereocenters. The van der Waals surface area contributed by atoms with E-state index in [-0.39, 0.29) is 41.9 Å². The molecule has 0 heterocycles. The van der Waals surface area contributed by atoms with Gasteiger partial charge in [-0.05, 0) is 36.2 Å². The van der Waals surface area contributed by atoms with Crippen LogP contribution in [0.3, 0.4) is 0 Å². The predicted octanol–water partition coefficient (Wildman–Crippen LogP) is 3.24. The number of benzene rings is 1. The molecule has 0 saturated heterocycles. The average molecular weight is 802 g/mol. The fourth-order valence-electron chi connectivity index (χ4n) is 5.14. The van der Waals surface area contributed by atoms with Gasteiger partial charge in [-0.2, -0.15) is 0 Å². The Kier molecular flexibility index (Phi) is 34.0. The van der Waals surface area contributed by atoms with Crippen molar-refractivity contribution in [1.29, 1.82) is 0 Å². The van der Waals surface area contributed by atoms with Crippen LogP contribution in [0.2, 0.25) is 0 Å². The van der Waals surface area contributed by atoms with Crippen molar-refractivity contribution in [2.24, 2.45) is 35.0 Å². The molecule has 3 aliphatic rings. The number of methoxy groups -OCH3 is 1. The molecule has 3 fully saturated rings.